The topological polar surface area (TPSA) is 49.6 Å². The van der Waals surface area contributed by atoms with Crippen molar-refractivity contribution in [2.75, 3.05) is 0 Å². The average Bonchev–Trinajstić information content (AvgIpc) is 1.98. The van der Waals surface area contributed by atoms with E-state index in [9.17, 15) is 0 Å². The molecule has 1 rings (SSSR count). The van der Waals surface area contributed by atoms with Crippen molar-refractivity contribution in [2.45, 2.75) is 5.03 Å². The van der Waals surface area contributed by atoms with Gasteiger partial charge in [0, 0.05) is 11.8 Å². The lowest BCUT2D eigenvalue weighted by Crippen LogP contribution is -1.84. The summed E-state index contributed by atoms with van der Waals surface area (Å²) in [6.07, 6.45) is 1.44. The Kier molecular flexibility index (Phi) is 3.12. The Hall–Kier alpha value is -0.310. The summed E-state index contributed by atoms with van der Waals surface area (Å²) in [5.41, 5.74) is 0. The Labute approximate surface area is 80.9 Å². The molecule has 0 aliphatic carbocycles. The summed E-state index contributed by atoms with van der Waals surface area (Å²) >= 11 is 9.63. The van der Waals surface area contributed by atoms with Crippen LogP contribution in [0.5, 0.6) is 0 Å². The molecule has 0 saturated heterocycles. The molecule has 56 valence electrons. The number of aromatic nitrogens is 2. The molecule has 0 saturated carbocycles. The van der Waals surface area contributed by atoms with Gasteiger partial charge in [0.2, 0.25) is 0 Å². The molecule has 3 nitrogen and oxygen atoms in total. The van der Waals surface area contributed by atoms with E-state index in [2.05, 4.69) is 25.9 Å². The zero-order chi connectivity index (χ0) is 8.27. The number of nitrogens with zero attached hydrogens (tertiary/aromatic N) is 3. The molecular weight excluding hydrogens is 250 g/mol. The van der Waals surface area contributed by atoms with Crippen LogP contribution in [0.4, 0.5) is 0 Å². The number of nitriles is 1. The first-order chi connectivity index (χ1) is 5.24. The largest absolute Gasteiger partial charge is 0.229 e. The zero-order valence-electron chi connectivity index (χ0n) is 5.08. The van der Waals surface area contributed by atoms with Crippen molar-refractivity contribution in [1.29, 1.82) is 5.26 Å². The predicted molar refractivity (Wildman–Crippen MR) is 46.2 cm³/mol. The quantitative estimate of drug-likeness (QED) is 0.332. The molecule has 11 heavy (non-hydrogen) atoms. The smallest absolute Gasteiger partial charge is 0.197 e. The Balaban J connectivity index is 3.05. The van der Waals surface area contributed by atoms with Crippen molar-refractivity contribution in [3.05, 3.63) is 16.0 Å². The maximum absolute atomic E-state index is 8.31. The van der Waals surface area contributed by atoms with Gasteiger partial charge in [-0.25, -0.2) is 9.97 Å². The highest BCUT2D eigenvalue weighted by molar-refractivity contribution is 9.10. The third-order valence-electron chi connectivity index (χ3n) is 0.825. The van der Waals surface area contributed by atoms with E-state index in [1.165, 1.54) is 6.20 Å². The minimum Gasteiger partial charge on any atom is -0.229 e. The van der Waals surface area contributed by atoms with E-state index in [4.69, 9.17) is 16.9 Å². The summed E-state index contributed by atoms with van der Waals surface area (Å²) in [6, 6.07) is 0. The van der Waals surface area contributed by atoms with Gasteiger partial charge in [0.05, 0.1) is 11.2 Å². The fourth-order valence-corrected chi connectivity index (χ4v) is 1.42. The molecule has 0 fully saturated rings. The van der Waals surface area contributed by atoms with Gasteiger partial charge >= 0.3 is 0 Å². The average molecular weight is 251 g/mol. The Bertz CT molecular complexity index is 311. The van der Waals surface area contributed by atoms with Crippen LogP contribution >= 0.6 is 39.3 Å². The molecule has 0 N–H and O–H groups in total. The number of hydrogen-bond donors (Lipinski definition) is 0. The minimum absolute atomic E-state index is 0.389. The highest BCUT2D eigenvalue weighted by Gasteiger charge is 2.03. The van der Waals surface area contributed by atoms with Gasteiger partial charge in [0.25, 0.3) is 0 Å². The van der Waals surface area contributed by atoms with E-state index in [-0.39, 0.29) is 0 Å². The molecule has 1 heterocycles. The van der Waals surface area contributed by atoms with E-state index in [1.807, 2.05) is 5.40 Å². The summed E-state index contributed by atoms with van der Waals surface area (Å²) in [7, 11) is 0. The molecule has 1 aromatic rings. The van der Waals surface area contributed by atoms with Gasteiger partial charge in [-0.3, -0.25) is 0 Å². The van der Waals surface area contributed by atoms with Gasteiger partial charge in [0.1, 0.15) is 10.4 Å². The molecule has 0 bridgehead atoms. The van der Waals surface area contributed by atoms with E-state index in [0.29, 0.717) is 14.8 Å². The van der Waals surface area contributed by atoms with Crippen LogP contribution in [0.15, 0.2) is 16.0 Å². The first-order valence-electron chi connectivity index (χ1n) is 2.48. The van der Waals surface area contributed by atoms with Gasteiger partial charge < -0.3 is 0 Å². The van der Waals surface area contributed by atoms with Gasteiger partial charge in [-0.05, 0) is 15.9 Å². The molecule has 0 unspecified atom stereocenters. The van der Waals surface area contributed by atoms with Gasteiger partial charge in [0.15, 0.2) is 4.73 Å². The van der Waals surface area contributed by atoms with Gasteiger partial charge in [-0.15, -0.1) is 0 Å². The standard InChI is InChI=1S/C5HBrClN3S/c6-5-9-1-3(7)4(10-5)11-2-8/h1H. The van der Waals surface area contributed by atoms with E-state index >= 15 is 0 Å². The van der Waals surface area contributed by atoms with Crippen LogP contribution in [-0.4, -0.2) is 9.97 Å². The molecule has 0 amide bonds. The SMILES string of the molecule is N#CSc1nc(Br)ncc1Cl. The second kappa shape index (κ2) is 3.90. The Morgan fingerprint density at radius 3 is 3.09 bits per heavy atom. The van der Waals surface area contributed by atoms with Crippen LogP contribution in [0.1, 0.15) is 0 Å². The fraction of sp³-hybridized carbons (Fsp3) is 0. The summed E-state index contributed by atoms with van der Waals surface area (Å²) in [5.74, 6) is 0. The van der Waals surface area contributed by atoms with Crippen molar-refractivity contribution in [3.8, 4) is 5.40 Å². The highest BCUT2D eigenvalue weighted by Crippen LogP contribution is 2.23. The van der Waals surface area contributed by atoms with E-state index in [1.54, 1.807) is 0 Å². The van der Waals surface area contributed by atoms with Crippen LogP contribution in [0, 0.1) is 10.7 Å². The number of thioether (sulfide) groups is 1. The number of rotatable bonds is 1. The first-order valence-corrected chi connectivity index (χ1v) is 4.46. The zero-order valence-corrected chi connectivity index (χ0v) is 8.24. The normalized spacial score (nSPS) is 9.18. The maximum atomic E-state index is 8.31. The number of halogens is 2. The van der Waals surface area contributed by atoms with Crippen LogP contribution in [0.25, 0.3) is 0 Å². The third kappa shape index (κ3) is 2.33. The third-order valence-corrected chi connectivity index (χ3v) is 2.19. The molecule has 0 aliphatic rings. The molecule has 6 heteroatoms. The lowest BCUT2D eigenvalue weighted by Gasteiger charge is -1.95. The highest BCUT2D eigenvalue weighted by atomic mass is 79.9. The second-order valence-corrected chi connectivity index (χ2v) is 3.38. The summed E-state index contributed by atoms with van der Waals surface area (Å²) in [5, 5.41) is 11.0. The van der Waals surface area contributed by atoms with Crippen LogP contribution < -0.4 is 0 Å². The predicted octanol–water partition coefficient (Wildman–Crippen LogP) is 2.47. The number of thiocyanates is 1. The lowest BCUT2D eigenvalue weighted by molar-refractivity contribution is 1.01. The molecule has 0 aliphatic heterocycles. The van der Waals surface area contributed by atoms with Gasteiger partial charge in [-0.2, -0.15) is 5.26 Å². The van der Waals surface area contributed by atoms with Crippen molar-refractivity contribution < 1.29 is 0 Å². The van der Waals surface area contributed by atoms with Crippen LogP contribution in [0.2, 0.25) is 5.02 Å². The van der Waals surface area contributed by atoms with E-state index in [0.717, 1.165) is 11.8 Å². The molecule has 0 atom stereocenters. The maximum Gasteiger partial charge on any atom is 0.197 e. The van der Waals surface area contributed by atoms with Crippen molar-refractivity contribution in [3.63, 3.8) is 0 Å². The molecule has 0 aromatic carbocycles. The van der Waals surface area contributed by atoms with Crippen LogP contribution in [-0.2, 0) is 0 Å². The summed E-state index contributed by atoms with van der Waals surface area (Å²) < 4.78 is 0.430. The monoisotopic (exact) mass is 249 g/mol. The Morgan fingerprint density at radius 1 is 1.73 bits per heavy atom. The van der Waals surface area contributed by atoms with Crippen molar-refractivity contribution in [2.24, 2.45) is 0 Å². The summed E-state index contributed by atoms with van der Waals surface area (Å²) in [4.78, 5) is 7.65. The second-order valence-electron chi connectivity index (χ2n) is 1.49. The number of hydrogen-bond acceptors (Lipinski definition) is 4. The van der Waals surface area contributed by atoms with Crippen LogP contribution in [0.3, 0.4) is 0 Å². The molecule has 1 aromatic heterocycles. The summed E-state index contributed by atoms with van der Waals surface area (Å²) in [6.45, 7) is 0. The molecule has 0 radical (unpaired) electrons. The van der Waals surface area contributed by atoms with Crippen molar-refractivity contribution in [1.82, 2.24) is 9.97 Å². The fourth-order valence-electron chi connectivity index (χ4n) is 0.446. The Morgan fingerprint density at radius 2 is 2.45 bits per heavy atom. The minimum atomic E-state index is 0.389. The molecular formula is C5HBrClN3S. The molecule has 0 spiro atoms. The first kappa shape index (κ1) is 8.78. The van der Waals surface area contributed by atoms with E-state index < -0.39 is 0 Å². The van der Waals surface area contributed by atoms with Crippen molar-refractivity contribution >= 4 is 39.3 Å². The van der Waals surface area contributed by atoms with Gasteiger partial charge in [-0.1, -0.05) is 11.6 Å². The lowest BCUT2D eigenvalue weighted by atomic mass is 10.7.